The fourth-order valence-corrected chi connectivity index (χ4v) is 2.79. The maximum absolute atomic E-state index is 12.0. The summed E-state index contributed by atoms with van der Waals surface area (Å²) in [5.74, 6) is -0.139. The van der Waals surface area contributed by atoms with Gasteiger partial charge in [0.1, 0.15) is 0 Å². The number of nitro benzene ring substituents is 1. The number of carbonyl (C=O) groups is 1. The Balaban J connectivity index is 3.16. The summed E-state index contributed by atoms with van der Waals surface area (Å²) in [5, 5.41) is 13.9. The zero-order chi connectivity index (χ0) is 15.7. The van der Waals surface area contributed by atoms with Crippen LogP contribution >= 0.6 is 15.9 Å². The standard InChI is InChI=1S/C14H19BrN2O3/c1-8-6-10(15)13(17(19)20)9(2)12(8)16-11(18)7-14(3,4)5/h6H,7H2,1-5H3,(H,16,18). The monoisotopic (exact) mass is 342 g/mol. The molecular weight excluding hydrogens is 324 g/mol. The molecule has 0 spiro atoms. The molecule has 0 atom stereocenters. The van der Waals surface area contributed by atoms with Gasteiger partial charge in [-0.15, -0.1) is 0 Å². The van der Waals surface area contributed by atoms with Crippen LogP contribution in [0.2, 0.25) is 0 Å². The van der Waals surface area contributed by atoms with Crippen LogP contribution in [0, 0.1) is 29.4 Å². The summed E-state index contributed by atoms with van der Waals surface area (Å²) in [6.45, 7) is 9.36. The molecule has 6 heteroatoms. The zero-order valence-corrected chi connectivity index (χ0v) is 13.9. The van der Waals surface area contributed by atoms with Gasteiger partial charge in [0.2, 0.25) is 5.91 Å². The molecule has 0 heterocycles. The third kappa shape index (κ3) is 4.03. The Bertz CT molecular complexity index is 563. The third-order valence-electron chi connectivity index (χ3n) is 2.83. The van der Waals surface area contributed by atoms with Crippen molar-refractivity contribution in [1.29, 1.82) is 0 Å². The van der Waals surface area contributed by atoms with Crippen LogP contribution in [-0.2, 0) is 4.79 Å². The highest BCUT2D eigenvalue weighted by molar-refractivity contribution is 9.10. The molecule has 5 nitrogen and oxygen atoms in total. The van der Waals surface area contributed by atoms with Gasteiger partial charge in [0.25, 0.3) is 5.69 Å². The van der Waals surface area contributed by atoms with Gasteiger partial charge in [-0.05, 0) is 46.8 Å². The predicted octanol–water partition coefficient (Wildman–Crippen LogP) is 4.35. The molecule has 0 radical (unpaired) electrons. The van der Waals surface area contributed by atoms with Gasteiger partial charge in [-0.3, -0.25) is 14.9 Å². The van der Waals surface area contributed by atoms with Crippen LogP contribution in [0.5, 0.6) is 0 Å². The molecule has 110 valence electrons. The number of nitro groups is 1. The second-order valence-corrected chi connectivity index (χ2v) is 6.92. The van der Waals surface area contributed by atoms with Crippen LogP contribution < -0.4 is 5.32 Å². The van der Waals surface area contributed by atoms with E-state index in [1.165, 1.54) is 0 Å². The molecule has 1 amide bonds. The summed E-state index contributed by atoms with van der Waals surface area (Å²) in [5.41, 5.74) is 1.63. The molecular formula is C14H19BrN2O3. The van der Waals surface area contributed by atoms with Crippen molar-refractivity contribution in [2.75, 3.05) is 5.32 Å². The summed E-state index contributed by atoms with van der Waals surface area (Å²) >= 11 is 3.19. The lowest BCUT2D eigenvalue weighted by Crippen LogP contribution is -2.20. The van der Waals surface area contributed by atoms with E-state index in [0.29, 0.717) is 22.1 Å². The lowest BCUT2D eigenvalue weighted by atomic mass is 9.92. The Morgan fingerprint density at radius 1 is 1.40 bits per heavy atom. The SMILES string of the molecule is Cc1cc(Br)c([N+](=O)[O-])c(C)c1NC(=O)CC(C)(C)C. The van der Waals surface area contributed by atoms with E-state index in [9.17, 15) is 14.9 Å². The van der Waals surface area contributed by atoms with E-state index < -0.39 is 4.92 Å². The Morgan fingerprint density at radius 2 is 1.95 bits per heavy atom. The van der Waals surface area contributed by atoms with Crippen molar-refractivity contribution in [3.63, 3.8) is 0 Å². The van der Waals surface area contributed by atoms with E-state index in [4.69, 9.17) is 0 Å². The predicted molar refractivity (Wildman–Crippen MR) is 83.0 cm³/mol. The highest BCUT2D eigenvalue weighted by Gasteiger charge is 2.23. The number of aryl methyl sites for hydroxylation is 1. The van der Waals surface area contributed by atoms with Crippen LogP contribution in [0.3, 0.4) is 0 Å². The minimum atomic E-state index is -0.446. The third-order valence-corrected chi connectivity index (χ3v) is 3.44. The minimum absolute atomic E-state index is 0.0124. The number of hydrogen-bond acceptors (Lipinski definition) is 3. The summed E-state index contributed by atoms with van der Waals surface area (Å²) in [7, 11) is 0. The summed E-state index contributed by atoms with van der Waals surface area (Å²) in [6, 6.07) is 1.65. The van der Waals surface area contributed by atoms with Gasteiger partial charge in [-0.25, -0.2) is 0 Å². The van der Waals surface area contributed by atoms with E-state index >= 15 is 0 Å². The fourth-order valence-electron chi connectivity index (χ4n) is 2.01. The van der Waals surface area contributed by atoms with Gasteiger partial charge in [0.05, 0.1) is 20.6 Å². The number of hydrogen-bond donors (Lipinski definition) is 1. The quantitative estimate of drug-likeness (QED) is 0.655. The van der Waals surface area contributed by atoms with Crippen molar-refractivity contribution in [3.8, 4) is 0 Å². The van der Waals surface area contributed by atoms with E-state index in [1.807, 2.05) is 27.7 Å². The molecule has 1 N–H and O–H groups in total. The number of anilines is 1. The largest absolute Gasteiger partial charge is 0.325 e. The van der Waals surface area contributed by atoms with E-state index in [-0.39, 0.29) is 17.0 Å². The molecule has 0 aliphatic carbocycles. The fraction of sp³-hybridized carbons (Fsp3) is 0.500. The molecule has 1 aromatic carbocycles. The van der Waals surface area contributed by atoms with E-state index in [1.54, 1.807) is 13.0 Å². The van der Waals surface area contributed by atoms with Crippen molar-refractivity contribution in [1.82, 2.24) is 0 Å². The van der Waals surface area contributed by atoms with Gasteiger partial charge in [-0.2, -0.15) is 0 Å². The number of halogens is 1. The minimum Gasteiger partial charge on any atom is -0.325 e. The second kappa shape index (κ2) is 5.91. The lowest BCUT2D eigenvalue weighted by Gasteiger charge is -2.19. The van der Waals surface area contributed by atoms with Crippen LogP contribution in [0.25, 0.3) is 0 Å². The van der Waals surface area contributed by atoms with Crippen molar-refractivity contribution in [2.45, 2.75) is 41.0 Å². The van der Waals surface area contributed by atoms with Gasteiger partial charge in [0.15, 0.2) is 0 Å². The molecule has 0 aliphatic heterocycles. The van der Waals surface area contributed by atoms with Crippen LogP contribution in [0.15, 0.2) is 10.5 Å². The number of amides is 1. The number of carbonyl (C=O) groups excluding carboxylic acids is 1. The molecule has 0 aromatic heterocycles. The average Bonchev–Trinajstić information content (AvgIpc) is 2.20. The van der Waals surface area contributed by atoms with Crippen molar-refractivity contribution in [2.24, 2.45) is 5.41 Å². The molecule has 1 rings (SSSR count). The number of rotatable bonds is 3. The van der Waals surface area contributed by atoms with Gasteiger partial charge in [0, 0.05) is 6.42 Å². The normalized spacial score (nSPS) is 11.3. The Hall–Kier alpha value is -1.43. The maximum atomic E-state index is 12.0. The smallest absolute Gasteiger partial charge is 0.288 e. The van der Waals surface area contributed by atoms with Crippen molar-refractivity contribution < 1.29 is 9.72 Å². The second-order valence-electron chi connectivity index (χ2n) is 6.07. The average molecular weight is 343 g/mol. The van der Waals surface area contributed by atoms with E-state index in [0.717, 1.165) is 5.56 Å². The number of benzene rings is 1. The molecule has 0 saturated carbocycles. The first-order valence-electron chi connectivity index (χ1n) is 6.27. The topological polar surface area (TPSA) is 72.2 Å². The van der Waals surface area contributed by atoms with Crippen molar-refractivity contribution in [3.05, 3.63) is 31.8 Å². The van der Waals surface area contributed by atoms with Crippen LogP contribution in [-0.4, -0.2) is 10.8 Å². The van der Waals surface area contributed by atoms with Gasteiger partial charge >= 0.3 is 0 Å². The van der Waals surface area contributed by atoms with Gasteiger partial charge < -0.3 is 5.32 Å². The Kier molecular flexibility index (Phi) is 4.91. The Morgan fingerprint density at radius 3 is 2.40 bits per heavy atom. The zero-order valence-electron chi connectivity index (χ0n) is 12.3. The molecule has 0 unspecified atom stereocenters. The summed E-state index contributed by atoms with van der Waals surface area (Å²) in [4.78, 5) is 22.6. The molecule has 0 aliphatic rings. The highest BCUT2D eigenvalue weighted by atomic mass is 79.9. The highest BCUT2D eigenvalue weighted by Crippen LogP contribution is 2.36. The number of nitrogens with one attached hydrogen (secondary N) is 1. The van der Waals surface area contributed by atoms with Crippen LogP contribution in [0.4, 0.5) is 11.4 Å². The first-order chi connectivity index (χ1) is 9.03. The summed E-state index contributed by atoms with van der Waals surface area (Å²) in [6.07, 6.45) is 0.357. The molecule has 0 saturated heterocycles. The van der Waals surface area contributed by atoms with E-state index in [2.05, 4.69) is 21.2 Å². The Labute approximate surface area is 127 Å². The first kappa shape index (κ1) is 16.6. The molecule has 0 fully saturated rings. The molecule has 0 bridgehead atoms. The first-order valence-corrected chi connectivity index (χ1v) is 7.06. The summed E-state index contributed by atoms with van der Waals surface area (Å²) < 4.78 is 0.423. The lowest BCUT2D eigenvalue weighted by molar-refractivity contribution is -0.386. The molecule has 20 heavy (non-hydrogen) atoms. The van der Waals surface area contributed by atoms with Crippen molar-refractivity contribution >= 4 is 33.2 Å². The van der Waals surface area contributed by atoms with Crippen LogP contribution in [0.1, 0.15) is 38.3 Å². The maximum Gasteiger partial charge on any atom is 0.288 e. The van der Waals surface area contributed by atoms with Gasteiger partial charge in [-0.1, -0.05) is 20.8 Å². The molecule has 1 aromatic rings. The number of nitrogens with zero attached hydrogens (tertiary/aromatic N) is 1.